The van der Waals surface area contributed by atoms with Gasteiger partial charge in [0.15, 0.2) is 0 Å². The monoisotopic (exact) mass is 585 g/mol. The molecule has 0 bridgehead atoms. The number of piperidine rings is 1. The molecule has 0 unspecified atom stereocenters. The van der Waals surface area contributed by atoms with Crippen molar-refractivity contribution in [2.45, 2.75) is 62.6 Å². The van der Waals surface area contributed by atoms with Crippen LogP contribution < -0.4 is 5.32 Å². The third-order valence-corrected chi connectivity index (χ3v) is 9.22. The summed E-state index contributed by atoms with van der Waals surface area (Å²) in [6.45, 7) is 1.87. The smallest absolute Gasteiger partial charge is 0.318 e. The Hall–Kier alpha value is -4.23. The lowest BCUT2D eigenvalue weighted by Gasteiger charge is -2.35. The summed E-state index contributed by atoms with van der Waals surface area (Å²) in [7, 11) is 6.70. The molecule has 3 amide bonds. The van der Waals surface area contributed by atoms with Crippen LogP contribution in [0.3, 0.4) is 0 Å². The van der Waals surface area contributed by atoms with Gasteiger partial charge in [-0.15, -0.1) is 0 Å². The van der Waals surface area contributed by atoms with Crippen molar-refractivity contribution in [3.05, 3.63) is 69.8 Å². The number of amides is 3. The molecule has 3 aliphatic rings. The first-order chi connectivity index (χ1) is 20.4. The van der Waals surface area contributed by atoms with Gasteiger partial charge >= 0.3 is 5.97 Å². The van der Waals surface area contributed by atoms with Crippen LogP contribution in [0, 0.1) is 17.2 Å². The summed E-state index contributed by atoms with van der Waals surface area (Å²) in [6.07, 6.45) is 2.78. The van der Waals surface area contributed by atoms with Crippen LogP contribution >= 0.6 is 0 Å². The molecule has 1 saturated heterocycles. The van der Waals surface area contributed by atoms with Crippen LogP contribution in [0.15, 0.2) is 36.4 Å². The van der Waals surface area contributed by atoms with Gasteiger partial charge in [0.05, 0.1) is 12.6 Å². The highest BCUT2D eigenvalue weighted by Crippen LogP contribution is 2.48. The summed E-state index contributed by atoms with van der Waals surface area (Å²) in [5.74, 6) is -1.12. The van der Waals surface area contributed by atoms with Crippen LogP contribution in [0.1, 0.15) is 69.2 Å². The van der Waals surface area contributed by atoms with E-state index >= 15 is 0 Å². The molecule has 43 heavy (non-hydrogen) atoms. The Kier molecular flexibility index (Phi) is 8.05. The van der Waals surface area contributed by atoms with E-state index in [2.05, 4.69) is 11.4 Å². The van der Waals surface area contributed by atoms with Crippen molar-refractivity contribution >= 4 is 23.7 Å². The average molecular weight is 586 g/mol. The third kappa shape index (κ3) is 5.38. The summed E-state index contributed by atoms with van der Waals surface area (Å²) in [6, 6.07) is 12.0. The number of fused-ring (bicyclic) bond motifs is 3. The van der Waals surface area contributed by atoms with Gasteiger partial charge in [-0.2, -0.15) is 5.26 Å². The van der Waals surface area contributed by atoms with Crippen molar-refractivity contribution in [2.75, 3.05) is 34.7 Å². The van der Waals surface area contributed by atoms with Crippen LogP contribution in [-0.2, 0) is 27.8 Å². The number of nitriles is 1. The van der Waals surface area contributed by atoms with Crippen molar-refractivity contribution < 1.29 is 24.3 Å². The zero-order valence-corrected chi connectivity index (χ0v) is 25.4. The van der Waals surface area contributed by atoms with E-state index in [0.717, 1.165) is 24.0 Å². The zero-order valence-electron chi connectivity index (χ0n) is 25.4. The van der Waals surface area contributed by atoms with Crippen LogP contribution in [0.5, 0.6) is 0 Å². The number of nitrogens with zero attached hydrogens (tertiary/aromatic N) is 4. The number of carbonyl (C=O) groups excluding carboxylic acids is 3. The van der Waals surface area contributed by atoms with Crippen LogP contribution in [0.25, 0.3) is 0 Å². The minimum atomic E-state index is -1.50. The van der Waals surface area contributed by atoms with Gasteiger partial charge in [0.2, 0.25) is 5.91 Å². The van der Waals surface area contributed by atoms with Crippen LogP contribution in [0.2, 0.25) is 0 Å². The number of hydrogen-bond acceptors (Lipinski definition) is 6. The van der Waals surface area contributed by atoms with Gasteiger partial charge < -0.3 is 25.1 Å². The second-order valence-corrected chi connectivity index (χ2v) is 12.6. The topological polar surface area (TPSA) is 134 Å². The molecule has 2 N–H and O–H groups in total. The first kappa shape index (κ1) is 30.2. The number of rotatable bonds is 8. The van der Waals surface area contributed by atoms with Gasteiger partial charge in [0.1, 0.15) is 11.5 Å². The number of aryl methyl sites for hydroxylation is 2. The molecule has 2 fully saturated rings. The summed E-state index contributed by atoms with van der Waals surface area (Å²) in [5, 5.41) is 23.8. The Labute approximate surface area is 252 Å². The molecule has 2 aromatic rings. The molecular weight excluding hydrogens is 546 g/mol. The molecule has 0 radical (unpaired) electrons. The number of hydrogen-bond donors (Lipinski definition) is 2. The Balaban J connectivity index is 1.52. The molecule has 1 saturated carbocycles. The predicted molar refractivity (Wildman–Crippen MR) is 160 cm³/mol. The van der Waals surface area contributed by atoms with Gasteiger partial charge in [-0.3, -0.25) is 19.2 Å². The summed E-state index contributed by atoms with van der Waals surface area (Å²) < 4.78 is 0. The number of nitrogens with one attached hydrogen (secondary N) is 1. The van der Waals surface area contributed by atoms with E-state index < -0.39 is 23.5 Å². The van der Waals surface area contributed by atoms with Crippen molar-refractivity contribution in [2.24, 2.45) is 5.92 Å². The molecule has 0 spiro atoms. The zero-order chi connectivity index (χ0) is 31.2. The van der Waals surface area contributed by atoms with Gasteiger partial charge in [-0.25, -0.2) is 0 Å². The number of carbonyl (C=O) groups is 4. The molecular formula is C33H39N5O5. The maximum absolute atomic E-state index is 13.5. The summed E-state index contributed by atoms with van der Waals surface area (Å²) in [4.78, 5) is 57.0. The van der Waals surface area contributed by atoms with Gasteiger partial charge in [-0.1, -0.05) is 12.1 Å². The summed E-state index contributed by atoms with van der Waals surface area (Å²) >= 11 is 0. The first-order valence-corrected chi connectivity index (χ1v) is 14.8. The third-order valence-electron chi connectivity index (χ3n) is 9.22. The van der Waals surface area contributed by atoms with Gasteiger partial charge in [-0.05, 0) is 91.5 Å². The largest absolute Gasteiger partial charge is 0.480 e. The van der Waals surface area contributed by atoms with E-state index in [1.54, 1.807) is 69.5 Å². The summed E-state index contributed by atoms with van der Waals surface area (Å²) in [5.41, 5.74) is 2.19. The Bertz CT molecular complexity index is 1450. The maximum atomic E-state index is 13.5. The fraction of sp³-hybridized carbons (Fsp3) is 0.485. The fourth-order valence-corrected chi connectivity index (χ4v) is 6.98. The van der Waals surface area contributed by atoms with E-state index in [1.807, 2.05) is 6.92 Å². The molecule has 10 nitrogen and oxygen atoms in total. The van der Waals surface area contributed by atoms with Crippen LogP contribution in [0.4, 0.5) is 0 Å². The number of carboxylic acids is 1. The van der Waals surface area contributed by atoms with E-state index in [9.17, 15) is 29.5 Å². The standard InChI is InChI=1S/C33H39N5O5/c1-19(35-18-29(39)38-25(17-34)14-24-15-28(24)38)16-33(32(42)43)26-10-8-22(30(40)36(2)3)12-20(26)6-7-21-13-23(9-11-27(21)33)31(41)37(4)5/h8-13,19,24-25,28,35H,6-7,14-16,18H2,1-5H3,(H,42,43)/t19-,24-,25+,28+/m1/s1. The number of benzene rings is 2. The molecule has 5 rings (SSSR count). The highest BCUT2D eigenvalue weighted by Gasteiger charge is 2.54. The molecule has 10 heteroatoms. The minimum Gasteiger partial charge on any atom is -0.480 e. The molecule has 4 atom stereocenters. The fourth-order valence-electron chi connectivity index (χ4n) is 6.98. The second kappa shape index (κ2) is 11.5. The first-order valence-electron chi connectivity index (χ1n) is 14.8. The number of aliphatic carboxylic acids is 1. The quantitative estimate of drug-likeness (QED) is 0.486. The Morgan fingerprint density at radius 1 is 0.977 bits per heavy atom. The van der Waals surface area contributed by atoms with E-state index in [0.29, 0.717) is 41.0 Å². The molecule has 2 aromatic carbocycles. The van der Waals surface area contributed by atoms with Crippen molar-refractivity contribution in [3.8, 4) is 6.07 Å². The van der Waals surface area contributed by atoms with Crippen molar-refractivity contribution in [1.82, 2.24) is 20.0 Å². The maximum Gasteiger partial charge on any atom is 0.318 e. The molecule has 1 heterocycles. The molecule has 0 aromatic heterocycles. The van der Waals surface area contributed by atoms with E-state index in [1.165, 1.54) is 9.80 Å². The normalized spacial score (nSPS) is 21.8. The number of carboxylic acid groups (broad SMARTS) is 1. The van der Waals surface area contributed by atoms with E-state index in [-0.39, 0.29) is 36.7 Å². The average Bonchev–Trinajstić information content (AvgIpc) is 3.67. The van der Waals surface area contributed by atoms with Crippen molar-refractivity contribution in [3.63, 3.8) is 0 Å². The van der Waals surface area contributed by atoms with Crippen LogP contribution in [-0.4, -0.2) is 96.4 Å². The highest BCUT2D eigenvalue weighted by atomic mass is 16.4. The lowest BCUT2D eigenvalue weighted by atomic mass is 9.68. The van der Waals surface area contributed by atoms with Gasteiger partial charge in [0, 0.05) is 51.4 Å². The molecule has 2 aliphatic carbocycles. The molecule has 1 aliphatic heterocycles. The highest BCUT2D eigenvalue weighted by molar-refractivity contribution is 5.96. The van der Waals surface area contributed by atoms with Gasteiger partial charge in [0.25, 0.3) is 11.8 Å². The van der Waals surface area contributed by atoms with E-state index in [4.69, 9.17) is 0 Å². The van der Waals surface area contributed by atoms with Crippen molar-refractivity contribution in [1.29, 1.82) is 5.26 Å². The number of likely N-dealkylation sites (tertiary alicyclic amines) is 1. The SMILES string of the molecule is C[C@H](CC1(C(=O)O)c2ccc(C(=O)N(C)C)cc2CCc2cc(C(=O)N(C)C)ccc21)NCC(=O)N1[C@H](C#N)C[C@@H]2C[C@@H]21. The lowest BCUT2D eigenvalue weighted by molar-refractivity contribution is -0.142. The second-order valence-electron chi connectivity index (χ2n) is 12.6. The molecule has 226 valence electrons. The Morgan fingerprint density at radius 3 is 1.98 bits per heavy atom. The predicted octanol–water partition coefficient (Wildman–Crippen LogP) is 2.44. The Morgan fingerprint density at radius 2 is 1.51 bits per heavy atom. The minimum absolute atomic E-state index is 0.00449. The lowest BCUT2D eigenvalue weighted by Crippen LogP contribution is -2.48.